The third-order valence-corrected chi connectivity index (χ3v) is 5.60. The zero-order valence-corrected chi connectivity index (χ0v) is 20.8. The summed E-state index contributed by atoms with van der Waals surface area (Å²) in [5.74, 6) is -0.376. The van der Waals surface area contributed by atoms with Crippen molar-refractivity contribution in [2.24, 2.45) is 0 Å². The van der Waals surface area contributed by atoms with Gasteiger partial charge in [0.05, 0.1) is 0 Å². The average Bonchev–Trinajstić information content (AvgIpc) is 2.71. The third-order valence-electron chi connectivity index (χ3n) is 4.72. The topological polar surface area (TPSA) is 53.2 Å². The molecule has 8 heteroatoms. The van der Waals surface area contributed by atoms with Crippen molar-refractivity contribution < 1.29 is 4.79 Å². The molecule has 0 spiro atoms. The first-order valence-electron chi connectivity index (χ1n) is 10.3. The van der Waals surface area contributed by atoms with Crippen molar-refractivity contribution in [1.82, 2.24) is 10.6 Å². The summed E-state index contributed by atoms with van der Waals surface area (Å²) in [6, 6.07) is 15.2. The normalized spacial score (nSPS) is 12.2. The van der Waals surface area contributed by atoms with E-state index in [1.54, 1.807) is 12.1 Å². The van der Waals surface area contributed by atoms with Gasteiger partial charge in [-0.3, -0.25) is 4.79 Å². The van der Waals surface area contributed by atoms with Crippen LogP contribution in [0.5, 0.6) is 0 Å². The molecule has 0 aliphatic heterocycles. The number of hydrogen-bond acceptors (Lipinski definition) is 2. The van der Waals surface area contributed by atoms with Crippen LogP contribution in [0.3, 0.4) is 0 Å². The molecule has 31 heavy (non-hydrogen) atoms. The Balaban J connectivity index is 1.93. The smallest absolute Gasteiger partial charge is 0.252 e. The predicted octanol–water partition coefficient (Wildman–Crippen LogP) is 6.53. The first-order valence-corrected chi connectivity index (χ1v) is 11.8. The number of halogens is 3. The number of nitrogens with one attached hydrogen (secondary N) is 3. The van der Waals surface area contributed by atoms with Crippen LogP contribution in [0, 0.1) is 6.92 Å². The van der Waals surface area contributed by atoms with Crippen molar-refractivity contribution in [2.45, 2.75) is 55.9 Å². The summed E-state index contributed by atoms with van der Waals surface area (Å²) in [5, 5.41) is 8.85. The van der Waals surface area contributed by atoms with Gasteiger partial charge in [0.2, 0.25) is 3.79 Å². The van der Waals surface area contributed by atoms with Crippen LogP contribution in [-0.2, 0) is 6.42 Å². The number of alkyl halides is 3. The quantitative estimate of drug-likeness (QED) is 0.158. The number of carbonyl (C=O) groups excluding carboxylic acids is 1. The Bertz CT molecular complexity index is 852. The summed E-state index contributed by atoms with van der Waals surface area (Å²) >= 11 is 23.5. The second-order valence-electron chi connectivity index (χ2n) is 7.42. The highest BCUT2D eigenvalue weighted by molar-refractivity contribution is 7.80. The Morgan fingerprint density at radius 1 is 0.968 bits per heavy atom. The maximum absolute atomic E-state index is 12.5. The lowest BCUT2D eigenvalue weighted by atomic mass is 10.1. The highest BCUT2D eigenvalue weighted by Gasteiger charge is 2.34. The fourth-order valence-electron chi connectivity index (χ4n) is 2.93. The largest absolute Gasteiger partial charge is 0.339 e. The van der Waals surface area contributed by atoms with Crippen molar-refractivity contribution in [1.29, 1.82) is 0 Å². The summed E-state index contributed by atoms with van der Waals surface area (Å²) in [4.78, 5) is 12.5. The number of aryl methyl sites for hydroxylation is 2. The standard InChI is InChI=1S/C23H28Cl3N3OS/c1-3-4-5-6-7-17-10-14-19(15-11-17)27-22(31)29-21(23(24,25)26)28-20(30)18-12-8-16(2)9-13-18/h8-15,21H,3-7H2,1-2H3,(H,28,30)(H2,27,29,31). The second kappa shape index (κ2) is 12.5. The second-order valence-corrected chi connectivity index (χ2v) is 10.2. The Morgan fingerprint density at radius 3 is 2.19 bits per heavy atom. The minimum absolute atomic E-state index is 0.233. The van der Waals surface area contributed by atoms with Crippen molar-refractivity contribution in [2.75, 3.05) is 5.32 Å². The molecule has 0 saturated carbocycles. The van der Waals surface area contributed by atoms with Crippen LogP contribution in [0.4, 0.5) is 5.69 Å². The van der Waals surface area contributed by atoms with Gasteiger partial charge in [-0.2, -0.15) is 0 Å². The zero-order valence-electron chi connectivity index (χ0n) is 17.7. The third kappa shape index (κ3) is 9.24. The van der Waals surface area contributed by atoms with Gasteiger partial charge in [0.25, 0.3) is 5.91 Å². The molecule has 4 nitrogen and oxygen atoms in total. The Hall–Kier alpha value is -1.53. The molecule has 0 heterocycles. The molecule has 0 bridgehead atoms. The maximum atomic E-state index is 12.5. The number of amides is 1. The molecule has 168 valence electrons. The molecule has 0 aromatic heterocycles. The fourth-order valence-corrected chi connectivity index (χ4v) is 3.49. The number of benzene rings is 2. The predicted molar refractivity (Wildman–Crippen MR) is 136 cm³/mol. The monoisotopic (exact) mass is 499 g/mol. The van der Waals surface area contributed by atoms with Gasteiger partial charge >= 0.3 is 0 Å². The van der Waals surface area contributed by atoms with Crippen molar-refractivity contribution >= 4 is 63.7 Å². The van der Waals surface area contributed by atoms with Gasteiger partial charge in [-0.25, -0.2) is 0 Å². The molecule has 1 amide bonds. The van der Waals surface area contributed by atoms with Gasteiger partial charge in [-0.15, -0.1) is 0 Å². The Morgan fingerprint density at radius 2 is 1.61 bits per heavy atom. The molecular weight excluding hydrogens is 473 g/mol. The SMILES string of the molecule is CCCCCCc1ccc(NC(=S)NC(NC(=O)c2ccc(C)cc2)C(Cl)(Cl)Cl)cc1. The molecule has 2 rings (SSSR count). The molecule has 0 aliphatic carbocycles. The molecular formula is C23H28Cl3N3OS. The van der Waals surface area contributed by atoms with E-state index in [4.69, 9.17) is 47.0 Å². The highest BCUT2D eigenvalue weighted by Crippen LogP contribution is 2.29. The van der Waals surface area contributed by atoms with Gasteiger partial charge in [0.15, 0.2) is 5.11 Å². The van der Waals surface area contributed by atoms with Crippen LogP contribution in [0.2, 0.25) is 0 Å². The molecule has 2 aromatic rings. The van der Waals surface area contributed by atoms with E-state index >= 15 is 0 Å². The lowest BCUT2D eigenvalue weighted by molar-refractivity contribution is 0.0934. The van der Waals surface area contributed by atoms with Gasteiger partial charge in [-0.05, 0) is 61.8 Å². The van der Waals surface area contributed by atoms with E-state index in [2.05, 4.69) is 35.0 Å². The van der Waals surface area contributed by atoms with Crippen molar-refractivity contribution in [3.63, 3.8) is 0 Å². The van der Waals surface area contributed by atoms with E-state index in [9.17, 15) is 4.79 Å². The molecule has 0 radical (unpaired) electrons. The summed E-state index contributed by atoms with van der Waals surface area (Å²) in [6.07, 6.45) is 4.97. The molecule has 1 atom stereocenters. The molecule has 0 saturated heterocycles. The lowest BCUT2D eigenvalue weighted by Crippen LogP contribution is -2.56. The van der Waals surface area contributed by atoms with E-state index in [-0.39, 0.29) is 11.0 Å². The molecule has 3 N–H and O–H groups in total. The number of rotatable bonds is 9. The van der Waals surface area contributed by atoms with E-state index in [0.29, 0.717) is 5.56 Å². The summed E-state index contributed by atoms with van der Waals surface area (Å²) in [6.45, 7) is 4.15. The van der Waals surface area contributed by atoms with Crippen LogP contribution in [-0.4, -0.2) is 21.0 Å². The number of anilines is 1. The van der Waals surface area contributed by atoms with Crippen LogP contribution in [0.25, 0.3) is 0 Å². The number of thiocarbonyl (C=S) groups is 1. The van der Waals surface area contributed by atoms with Gasteiger partial charge in [0, 0.05) is 11.3 Å². The number of hydrogen-bond donors (Lipinski definition) is 3. The Labute approximate surface area is 205 Å². The van der Waals surface area contributed by atoms with E-state index < -0.39 is 9.96 Å². The Kier molecular flexibility index (Phi) is 10.4. The van der Waals surface area contributed by atoms with Gasteiger partial charge < -0.3 is 16.0 Å². The van der Waals surface area contributed by atoms with Crippen molar-refractivity contribution in [3.8, 4) is 0 Å². The highest BCUT2D eigenvalue weighted by atomic mass is 35.6. The molecule has 0 fully saturated rings. The lowest BCUT2D eigenvalue weighted by Gasteiger charge is -2.27. The minimum atomic E-state index is -1.81. The van der Waals surface area contributed by atoms with Crippen molar-refractivity contribution in [3.05, 3.63) is 65.2 Å². The van der Waals surface area contributed by atoms with Crippen LogP contribution in [0.1, 0.15) is 54.1 Å². The van der Waals surface area contributed by atoms with Crippen LogP contribution < -0.4 is 16.0 Å². The first kappa shape index (κ1) is 25.7. The summed E-state index contributed by atoms with van der Waals surface area (Å²) in [7, 11) is 0. The van der Waals surface area contributed by atoms with Crippen LogP contribution in [0.15, 0.2) is 48.5 Å². The summed E-state index contributed by atoms with van der Waals surface area (Å²) < 4.78 is -1.81. The molecule has 1 unspecified atom stereocenters. The fraction of sp³-hybridized carbons (Fsp3) is 0.391. The maximum Gasteiger partial charge on any atom is 0.252 e. The first-order chi connectivity index (χ1) is 14.7. The van der Waals surface area contributed by atoms with E-state index in [0.717, 1.165) is 17.7 Å². The average molecular weight is 501 g/mol. The van der Waals surface area contributed by atoms with Gasteiger partial charge in [0.1, 0.15) is 6.17 Å². The number of carbonyl (C=O) groups is 1. The van der Waals surface area contributed by atoms with E-state index in [1.807, 2.05) is 31.2 Å². The molecule has 0 aliphatic rings. The summed E-state index contributed by atoms with van der Waals surface area (Å²) in [5.41, 5.74) is 3.60. The molecule has 2 aromatic carbocycles. The zero-order chi connectivity index (χ0) is 22.9. The van der Waals surface area contributed by atoms with E-state index in [1.165, 1.54) is 31.2 Å². The minimum Gasteiger partial charge on any atom is -0.339 e. The van der Waals surface area contributed by atoms with Gasteiger partial charge in [-0.1, -0.05) is 90.8 Å². The number of unbranched alkanes of at least 4 members (excludes halogenated alkanes) is 3. The van der Waals surface area contributed by atoms with Crippen LogP contribution >= 0.6 is 47.0 Å².